The molecule has 1 aromatic rings. The third kappa shape index (κ3) is 2.62. The van der Waals surface area contributed by atoms with Crippen LogP contribution in [0.3, 0.4) is 0 Å². The van der Waals surface area contributed by atoms with Gasteiger partial charge < -0.3 is 9.64 Å². The highest BCUT2D eigenvalue weighted by Gasteiger charge is 2.31. The van der Waals surface area contributed by atoms with Crippen LogP contribution in [0.15, 0.2) is 12.1 Å². The Balaban J connectivity index is 2.26. The highest BCUT2D eigenvalue weighted by atomic mass is 16.5. The van der Waals surface area contributed by atoms with Crippen LogP contribution in [0.25, 0.3) is 0 Å². The SMILES string of the molecule is COC1(C)CCCN(c2cc(C#N)cc(C)n2)C1. The van der Waals surface area contributed by atoms with Gasteiger partial charge >= 0.3 is 0 Å². The average molecular weight is 245 g/mol. The molecule has 1 aromatic heterocycles. The van der Waals surface area contributed by atoms with Gasteiger partial charge in [-0.05, 0) is 38.8 Å². The fourth-order valence-electron chi connectivity index (χ4n) is 2.45. The number of pyridine rings is 1. The normalized spacial score (nSPS) is 23.8. The molecule has 1 aliphatic rings. The molecule has 96 valence electrons. The Morgan fingerprint density at radius 3 is 2.94 bits per heavy atom. The quantitative estimate of drug-likeness (QED) is 0.802. The summed E-state index contributed by atoms with van der Waals surface area (Å²) in [6.45, 7) is 5.84. The van der Waals surface area contributed by atoms with Gasteiger partial charge in [0.1, 0.15) is 5.82 Å². The highest BCUT2D eigenvalue weighted by Crippen LogP contribution is 2.27. The molecule has 4 heteroatoms. The van der Waals surface area contributed by atoms with E-state index in [4.69, 9.17) is 10.00 Å². The minimum absolute atomic E-state index is 0.115. The van der Waals surface area contributed by atoms with Crippen molar-refractivity contribution in [1.29, 1.82) is 5.26 Å². The van der Waals surface area contributed by atoms with Gasteiger partial charge in [0, 0.05) is 25.9 Å². The molecule has 4 nitrogen and oxygen atoms in total. The maximum absolute atomic E-state index is 9.01. The van der Waals surface area contributed by atoms with Crippen molar-refractivity contribution < 1.29 is 4.74 Å². The maximum Gasteiger partial charge on any atom is 0.130 e. The molecule has 1 unspecified atom stereocenters. The Bertz CT molecular complexity index is 480. The van der Waals surface area contributed by atoms with E-state index in [2.05, 4.69) is 22.9 Å². The van der Waals surface area contributed by atoms with E-state index in [-0.39, 0.29) is 5.60 Å². The lowest BCUT2D eigenvalue weighted by Gasteiger charge is -2.40. The number of piperidine rings is 1. The predicted molar refractivity (Wildman–Crippen MR) is 70.6 cm³/mol. The number of methoxy groups -OCH3 is 1. The van der Waals surface area contributed by atoms with E-state index in [1.165, 1.54) is 0 Å². The van der Waals surface area contributed by atoms with Crippen molar-refractivity contribution >= 4 is 5.82 Å². The van der Waals surface area contributed by atoms with E-state index in [0.717, 1.165) is 37.4 Å². The van der Waals surface area contributed by atoms with E-state index < -0.39 is 0 Å². The number of hydrogen-bond donors (Lipinski definition) is 0. The lowest BCUT2D eigenvalue weighted by atomic mass is 9.94. The van der Waals surface area contributed by atoms with Crippen LogP contribution in [0.1, 0.15) is 31.0 Å². The average Bonchev–Trinajstić information content (AvgIpc) is 2.38. The number of ether oxygens (including phenoxy) is 1. The van der Waals surface area contributed by atoms with Crippen molar-refractivity contribution in [1.82, 2.24) is 4.98 Å². The summed E-state index contributed by atoms with van der Waals surface area (Å²) in [6.07, 6.45) is 2.15. The van der Waals surface area contributed by atoms with Crippen LogP contribution in [0.4, 0.5) is 5.82 Å². The standard InChI is InChI=1S/C14H19N3O/c1-11-7-12(9-15)8-13(16-11)17-6-4-5-14(2,10-17)18-3/h7-8H,4-6,10H2,1-3H3. The molecule has 1 aliphatic heterocycles. The van der Waals surface area contributed by atoms with E-state index in [1.807, 2.05) is 19.1 Å². The van der Waals surface area contributed by atoms with Crippen molar-refractivity contribution in [2.24, 2.45) is 0 Å². The fraction of sp³-hybridized carbons (Fsp3) is 0.571. The van der Waals surface area contributed by atoms with Crippen molar-refractivity contribution in [3.05, 3.63) is 23.4 Å². The number of aryl methyl sites for hydroxylation is 1. The Kier molecular flexibility index (Phi) is 3.53. The second kappa shape index (κ2) is 4.95. The van der Waals surface area contributed by atoms with Gasteiger partial charge in [-0.3, -0.25) is 0 Å². The topological polar surface area (TPSA) is 49.1 Å². The van der Waals surface area contributed by atoms with Gasteiger partial charge in [-0.15, -0.1) is 0 Å². The molecule has 1 saturated heterocycles. The minimum Gasteiger partial charge on any atom is -0.377 e. The van der Waals surface area contributed by atoms with Crippen molar-refractivity contribution in [3.8, 4) is 6.07 Å². The summed E-state index contributed by atoms with van der Waals surface area (Å²) in [5.74, 6) is 0.884. The van der Waals surface area contributed by atoms with Crippen LogP contribution >= 0.6 is 0 Å². The zero-order chi connectivity index (χ0) is 13.2. The Morgan fingerprint density at radius 1 is 1.50 bits per heavy atom. The lowest BCUT2D eigenvalue weighted by Crippen LogP contribution is -2.47. The zero-order valence-electron chi connectivity index (χ0n) is 11.2. The molecule has 0 spiro atoms. The molecule has 0 bridgehead atoms. The third-order valence-electron chi connectivity index (χ3n) is 3.54. The van der Waals surface area contributed by atoms with Gasteiger partial charge in [-0.2, -0.15) is 5.26 Å². The van der Waals surface area contributed by atoms with Gasteiger partial charge in [0.2, 0.25) is 0 Å². The first-order valence-corrected chi connectivity index (χ1v) is 6.25. The monoisotopic (exact) mass is 245 g/mol. The molecule has 0 amide bonds. The van der Waals surface area contributed by atoms with E-state index in [0.29, 0.717) is 5.56 Å². The van der Waals surface area contributed by atoms with Crippen LogP contribution in [0.2, 0.25) is 0 Å². The molecular formula is C14H19N3O. The van der Waals surface area contributed by atoms with Crippen LogP contribution < -0.4 is 4.90 Å². The predicted octanol–water partition coefficient (Wildman–Crippen LogP) is 2.27. The first kappa shape index (κ1) is 12.8. The number of hydrogen-bond acceptors (Lipinski definition) is 4. The molecular weight excluding hydrogens is 226 g/mol. The first-order valence-electron chi connectivity index (χ1n) is 6.25. The number of anilines is 1. The fourth-order valence-corrected chi connectivity index (χ4v) is 2.45. The Labute approximate surface area is 108 Å². The molecule has 0 aromatic carbocycles. The first-order chi connectivity index (χ1) is 8.56. The summed E-state index contributed by atoms with van der Waals surface area (Å²) < 4.78 is 5.58. The molecule has 2 heterocycles. The molecule has 0 saturated carbocycles. The zero-order valence-corrected chi connectivity index (χ0v) is 11.2. The van der Waals surface area contributed by atoms with Gasteiger partial charge in [0.05, 0.1) is 17.2 Å². The molecule has 1 fully saturated rings. The summed E-state index contributed by atoms with van der Waals surface area (Å²) in [5, 5.41) is 9.01. The molecule has 0 aliphatic carbocycles. The number of nitrogens with zero attached hydrogens (tertiary/aromatic N) is 3. The summed E-state index contributed by atoms with van der Waals surface area (Å²) in [4.78, 5) is 6.73. The van der Waals surface area contributed by atoms with Gasteiger partial charge in [0.25, 0.3) is 0 Å². The number of nitriles is 1. The summed E-state index contributed by atoms with van der Waals surface area (Å²) in [5.41, 5.74) is 1.44. The number of aromatic nitrogens is 1. The van der Waals surface area contributed by atoms with E-state index in [1.54, 1.807) is 7.11 Å². The van der Waals surface area contributed by atoms with Crippen LogP contribution in [-0.2, 0) is 4.74 Å². The maximum atomic E-state index is 9.01. The second-order valence-electron chi connectivity index (χ2n) is 5.15. The van der Waals surface area contributed by atoms with Crippen LogP contribution in [0, 0.1) is 18.3 Å². The molecule has 18 heavy (non-hydrogen) atoms. The Hall–Kier alpha value is -1.60. The molecule has 1 atom stereocenters. The highest BCUT2D eigenvalue weighted by molar-refractivity contribution is 5.47. The summed E-state index contributed by atoms with van der Waals surface area (Å²) in [6, 6.07) is 5.85. The van der Waals surface area contributed by atoms with Gasteiger partial charge in [-0.1, -0.05) is 0 Å². The Morgan fingerprint density at radius 2 is 2.28 bits per heavy atom. The van der Waals surface area contributed by atoms with E-state index >= 15 is 0 Å². The lowest BCUT2D eigenvalue weighted by molar-refractivity contribution is -0.00482. The van der Waals surface area contributed by atoms with Crippen LogP contribution in [0.5, 0.6) is 0 Å². The third-order valence-corrected chi connectivity index (χ3v) is 3.54. The van der Waals surface area contributed by atoms with Crippen molar-refractivity contribution in [2.75, 3.05) is 25.1 Å². The van der Waals surface area contributed by atoms with E-state index in [9.17, 15) is 0 Å². The largest absolute Gasteiger partial charge is 0.377 e. The van der Waals surface area contributed by atoms with Gasteiger partial charge in [-0.25, -0.2) is 4.98 Å². The minimum atomic E-state index is -0.115. The van der Waals surface area contributed by atoms with Crippen molar-refractivity contribution in [3.63, 3.8) is 0 Å². The summed E-state index contributed by atoms with van der Waals surface area (Å²) >= 11 is 0. The summed E-state index contributed by atoms with van der Waals surface area (Å²) in [7, 11) is 1.76. The van der Waals surface area contributed by atoms with Gasteiger partial charge in [0.15, 0.2) is 0 Å². The second-order valence-corrected chi connectivity index (χ2v) is 5.15. The number of rotatable bonds is 2. The molecule has 0 N–H and O–H groups in total. The molecule has 2 rings (SSSR count). The molecule has 0 radical (unpaired) electrons. The van der Waals surface area contributed by atoms with Crippen LogP contribution in [-0.4, -0.2) is 30.8 Å². The smallest absolute Gasteiger partial charge is 0.130 e. The van der Waals surface area contributed by atoms with Crippen molar-refractivity contribution in [2.45, 2.75) is 32.3 Å².